The average molecular weight is 358 g/mol. The first-order valence-corrected chi connectivity index (χ1v) is 8.54. The van der Waals surface area contributed by atoms with Crippen LogP contribution in [-0.2, 0) is 6.54 Å². The maximum Gasteiger partial charge on any atom is 0.321 e. The van der Waals surface area contributed by atoms with Crippen molar-refractivity contribution in [2.24, 2.45) is 0 Å². The third kappa shape index (κ3) is 5.45. The van der Waals surface area contributed by atoms with Crippen LogP contribution in [0.5, 0.6) is 0 Å². The predicted octanol–water partition coefficient (Wildman–Crippen LogP) is 4.89. The van der Waals surface area contributed by atoms with Gasteiger partial charge in [0.25, 0.3) is 0 Å². The van der Waals surface area contributed by atoms with Gasteiger partial charge in [-0.2, -0.15) is 0 Å². The molecule has 4 heteroatoms. The minimum absolute atomic E-state index is 0.271. The van der Waals surface area contributed by atoms with E-state index in [1.54, 1.807) is 19.2 Å². The molecule has 0 aliphatic carbocycles. The standard InChI is InChI=1S/C23H19FN2O/c1-26(17-20-10-5-11-21(24)15-20)23(27)25-22-12-6-9-19(16-22)14-13-18-7-3-2-4-8-18/h2-12,15-16H,17H2,1H3,(H,25,27). The minimum atomic E-state index is -0.314. The SMILES string of the molecule is CN(Cc1cccc(F)c1)C(=O)Nc1cccc(C#Cc2ccccc2)c1. The number of nitrogens with one attached hydrogen (secondary N) is 1. The zero-order valence-corrected chi connectivity index (χ0v) is 14.9. The van der Waals surface area contributed by atoms with Crippen molar-refractivity contribution in [3.8, 4) is 11.8 Å². The topological polar surface area (TPSA) is 32.3 Å². The minimum Gasteiger partial charge on any atom is -0.323 e. The number of anilines is 1. The van der Waals surface area contributed by atoms with E-state index in [1.807, 2.05) is 54.6 Å². The molecule has 0 atom stereocenters. The van der Waals surface area contributed by atoms with Crippen molar-refractivity contribution < 1.29 is 9.18 Å². The highest BCUT2D eigenvalue weighted by molar-refractivity contribution is 5.89. The van der Waals surface area contributed by atoms with Crippen LogP contribution in [0, 0.1) is 17.7 Å². The molecule has 0 aliphatic heterocycles. The summed E-state index contributed by atoms with van der Waals surface area (Å²) in [5.74, 6) is 5.87. The second-order valence-electron chi connectivity index (χ2n) is 6.11. The van der Waals surface area contributed by atoms with Gasteiger partial charge in [-0.1, -0.05) is 48.2 Å². The van der Waals surface area contributed by atoms with Crippen LogP contribution in [0.3, 0.4) is 0 Å². The van der Waals surface area contributed by atoms with Crippen molar-refractivity contribution in [1.29, 1.82) is 0 Å². The number of urea groups is 1. The summed E-state index contributed by atoms with van der Waals surface area (Å²) in [5, 5.41) is 2.84. The smallest absolute Gasteiger partial charge is 0.321 e. The molecule has 27 heavy (non-hydrogen) atoms. The van der Waals surface area contributed by atoms with E-state index in [9.17, 15) is 9.18 Å². The van der Waals surface area contributed by atoms with E-state index in [2.05, 4.69) is 17.2 Å². The largest absolute Gasteiger partial charge is 0.323 e. The lowest BCUT2D eigenvalue weighted by Gasteiger charge is -2.18. The van der Waals surface area contributed by atoms with Gasteiger partial charge in [-0.25, -0.2) is 9.18 Å². The third-order valence-electron chi connectivity index (χ3n) is 3.89. The van der Waals surface area contributed by atoms with Crippen molar-refractivity contribution in [3.05, 3.63) is 101 Å². The summed E-state index contributed by atoms with van der Waals surface area (Å²) in [6.07, 6.45) is 0. The molecule has 3 aromatic carbocycles. The molecule has 0 spiro atoms. The quantitative estimate of drug-likeness (QED) is 0.664. The molecule has 2 amide bonds. The third-order valence-corrected chi connectivity index (χ3v) is 3.89. The first-order chi connectivity index (χ1) is 13.1. The lowest BCUT2D eigenvalue weighted by atomic mass is 10.1. The van der Waals surface area contributed by atoms with E-state index in [0.29, 0.717) is 12.2 Å². The molecular formula is C23H19FN2O. The Morgan fingerprint density at radius 2 is 1.63 bits per heavy atom. The van der Waals surface area contributed by atoms with Gasteiger partial charge in [-0.3, -0.25) is 0 Å². The summed E-state index contributed by atoms with van der Waals surface area (Å²) in [5.41, 5.74) is 3.13. The molecular weight excluding hydrogens is 339 g/mol. The van der Waals surface area contributed by atoms with Gasteiger partial charge >= 0.3 is 6.03 Å². The Morgan fingerprint density at radius 3 is 2.41 bits per heavy atom. The predicted molar refractivity (Wildman–Crippen MR) is 106 cm³/mol. The molecule has 0 aromatic heterocycles. The molecule has 0 heterocycles. The summed E-state index contributed by atoms with van der Waals surface area (Å²) in [7, 11) is 1.67. The highest BCUT2D eigenvalue weighted by Gasteiger charge is 2.10. The van der Waals surface area contributed by atoms with Gasteiger partial charge in [-0.15, -0.1) is 0 Å². The van der Waals surface area contributed by atoms with Crippen LogP contribution in [0.25, 0.3) is 0 Å². The number of benzene rings is 3. The number of carbonyl (C=O) groups excluding carboxylic acids is 1. The van der Waals surface area contributed by atoms with Crippen LogP contribution in [-0.4, -0.2) is 18.0 Å². The van der Waals surface area contributed by atoms with Crippen LogP contribution < -0.4 is 5.32 Å². The van der Waals surface area contributed by atoms with Gasteiger partial charge in [0.1, 0.15) is 5.82 Å². The van der Waals surface area contributed by atoms with E-state index in [4.69, 9.17) is 0 Å². The Kier molecular flexibility index (Phi) is 5.86. The van der Waals surface area contributed by atoms with Crippen LogP contribution in [0.2, 0.25) is 0 Å². The summed E-state index contributed by atoms with van der Waals surface area (Å²) in [6, 6.07) is 23.0. The number of amides is 2. The van der Waals surface area contributed by atoms with E-state index in [0.717, 1.165) is 16.7 Å². The zero-order chi connectivity index (χ0) is 19.1. The molecule has 0 radical (unpaired) electrons. The Bertz CT molecular complexity index is 990. The maximum atomic E-state index is 13.3. The number of halogens is 1. The molecule has 0 saturated heterocycles. The van der Waals surface area contributed by atoms with Crippen molar-refractivity contribution in [2.45, 2.75) is 6.54 Å². The Hall–Kier alpha value is -3.58. The molecule has 0 unspecified atom stereocenters. The Balaban J connectivity index is 1.65. The second kappa shape index (κ2) is 8.68. The van der Waals surface area contributed by atoms with Gasteiger partial charge in [0.2, 0.25) is 0 Å². The van der Waals surface area contributed by atoms with E-state index < -0.39 is 0 Å². The first-order valence-electron chi connectivity index (χ1n) is 8.54. The molecule has 3 rings (SSSR count). The maximum absolute atomic E-state index is 13.3. The van der Waals surface area contributed by atoms with Gasteiger partial charge in [0, 0.05) is 30.4 Å². The van der Waals surface area contributed by atoms with Crippen LogP contribution in [0.4, 0.5) is 14.9 Å². The molecule has 1 N–H and O–H groups in total. The molecule has 3 nitrogen and oxygen atoms in total. The molecule has 0 saturated carbocycles. The van der Waals surface area contributed by atoms with Gasteiger partial charge in [0.15, 0.2) is 0 Å². The summed E-state index contributed by atoms with van der Waals surface area (Å²) >= 11 is 0. The summed E-state index contributed by atoms with van der Waals surface area (Å²) in [4.78, 5) is 13.9. The molecule has 3 aromatic rings. The molecule has 0 fully saturated rings. The van der Waals surface area contributed by atoms with E-state index in [1.165, 1.54) is 17.0 Å². The van der Waals surface area contributed by atoms with Gasteiger partial charge in [0.05, 0.1) is 0 Å². The molecule has 134 valence electrons. The number of nitrogens with zero attached hydrogens (tertiary/aromatic N) is 1. The Labute approximate surface area is 158 Å². The van der Waals surface area contributed by atoms with Crippen molar-refractivity contribution >= 4 is 11.7 Å². The molecule has 0 aliphatic rings. The lowest BCUT2D eigenvalue weighted by molar-refractivity contribution is 0.220. The summed E-state index contributed by atoms with van der Waals surface area (Å²) < 4.78 is 13.3. The number of hydrogen-bond acceptors (Lipinski definition) is 1. The van der Waals surface area contributed by atoms with E-state index >= 15 is 0 Å². The van der Waals surface area contributed by atoms with Crippen molar-refractivity contribution in [2.75, 3.05) is 12.4 Å². The van der Waals surface area contributed by atoms with Crippen LogP contribution >= 0.6 is 0 Å². The fourth-order valence-electron chi connectivity index (χ4n) is 2.54. The van der Waals surface area contributed by atoms with Crippen LogP contribution in [0.15, 0.2) is 78.9 Å². The highest BCUT2D eigenvalue weighted by atomic mass is 19.1. The summed E-state index contributed by atoms with van der Waals surface area (Å²) in [6.45, 7) is 0.317. The highest BCUT2D eigenvalue weighted by Crippen LogP contribution is 2.12. The zero-order valence-electron chi connectivity index (χ0n) is 14.9. The normalized spacial score (nSPS) is 9.85. The van der Waals surface area contributed by atoms with Crippen molar-refractivity contribution in [1.82, 2.24) is 4.90 Å². The number of hydrogen-bond donors (Lipinski definition) is 1. The fraction of sp³-hybridized carbons (Fsp3) is 0.0870. The Morgan fingerprint density at radius 1 is 0.926 bits per heavy atom. The lowest BCUT2D eigenvalue weighted by Crippen LogP contribution is -2.30. The average Bonchev–Trinajstić information content (AvgIpc) is 2.67. The number of carbonyl (C=O) groups is 1. The fourth-order valence-corrected chi connectivity index (χ4v) is 2.54. The second-order valence-corrected chi connectivity index (χ2v) is 6.11. The van der Waals surface area contributed by atoms with E-state index in [-0.39, 0.29) is 11.8 Å². The number of rotatable bonds is 3. The van der Waals surface area contributed by atoms with Crippen molar-refractivity contribution in [3.63, 3.8) is 0 Å². The first kappa shape index (κ1) is 18.2. The van der Waals surface area contributed by atoms with Gasteiger partial charge in [-0.05, 0) is 48.0 Å². The van der Waals surface area contributed by atoms with Gasteiger partial charge < -0.3 is 10.2 Å². The van der Waals surface area contributed by atoms with Crippen LogP contribution in [0.1, 0.15) is 16.7 Å². The monoisotopic (exact) mass is 358 g/mol. The molecule has 0 bridgehead atoms.